The molecule has 1 aliphatic heterocycles. The van der Waals surface area contributed by atoms with E-state index in [9.17, 15) is 0 Å². The van der Waals surface area contributed by atoms with E-state index >= 15 is 0 Å². The Morgan fingerprint density at radius 2 is 1.48 bits per heavy atom. The zero-order chi connectivity index (χ0) is 19.4. The van der Waals surface area contributed by atoms with Crippen LogP contribution < -0.4 is 10.6 Å². The van der Waals surface area contributed by atoms with Crippen LogP contribution >= 0.6 is 24.0 Å². The van der Waals surface area contributed by atoms with E-state index in [1.165, 1.54) is 56.4 Å². The van der Waals surface area contributed by atoms with Gasteiger partial charge in [-0.25, -0.2) is 0 Å². The van der Waals surface area contributed by atoms with Crippen LogP contribution in [0.2, 0.25) is 0 Å². The highest BCUT2D eigenvalue weighted by molar-refractivity contribution is 14.0. The van der Waals surface area contributed by atoms with Gasteiger partial charge in [-0.3, -0.25) is 4.99 Å². The van der Waals surface area contributed by atoms with Gasteiger partial charge in [0.15, 0.2) is 5.96 Å². The van der Waals surface area contributed by atoms with Crippen molar-refractivity contribution in [2.75, 3.05) is 39.8 Å². The first-order chi connectivity index (χ1) is 13.9. The minimum absolute atomic E-state index is 0. The Balaban J connectivity index is 0.00000300. The summed E-state index contributed by atoms with van der Waals surface area (Å²) in [6, 6.07) is 21.4. The molecule has 0 saturated carbocycles. The number of nitrogens with zero attached hydrogens (tertiary/aromatic N) is 2. The Morgan fingerprint density at radius 3 is 2.03 bits per heavy atom. The Hall–Kier alpha value is -1.60. The van der Waals surface area contributed by atoms with Gasteiger partial charge < -0.3 is 15.5 Å². The van der Waals surface area contributed by atoms with E-state index in [0.29, 0.717) is 5.92 Å². The van der Waals surface area contributed by atoms with Gasteiger partial charge in [-0.15, -0.1) is 24.0 Å². The normalized spacial score (nSPS) is 14.6. The molecule has 3 rings (SSSR count). The zero-order valence-corrected chi connectivity index (χ0v) is 19.8. The zero-order valence-electron chi connectivity index (χ0n) is 17.5. The van der Waals surface area contributed by atoms with E-state index in [1.54, 1.807) is 0 Å². The first-order valence-corrected chi connectivity index (χ1v) is 10.6. The molecule has 2 aromatic carbocycles. The lowest BCUT2D eigenvalue weighted by molar-refractivity contribution is 0.330. The minimum atomic E-state index is 0. The molecular weight excluding hydrogens is 471 g/mol. The van der Waals surface area contributed by atoms with Crippen molar-refractivity contribution in [2.45, 2.75) is 31.6 Å². The Bertz CT molecular complexity index is 660. The third kappa shape index (κ3) is 7.97. The van der Waals surface area contributed by atoms with Crippen LogP contribution in [0.1, 0.15) is 42.7 Å². The molecule has 4 nitrogen and oxygen atoms in total. The summed E-state index contributed by atoms with van der Waals surface area (Å²) in [6.07, 6.45) is 5.18. The SMILES string of the molecule is CN=C(NCCCCN1CCCC1)NCC(c1ccccc1)c1ccccc1.I. The molecular formula is C24H35IN4. The molecule has 0 aliphatic carbocycles. The lowest BCUT2D eigenvalue weighted by atomic mass is 9.91. The van der Waals surface area contributed by atoms with Crippen LogP contribution in [0.15, 0.2) is 65.7 Å². The van der Waals surface area contributed by atoms with E-state index in [2.05, 4.69) is 81.2 Å². The van der Waals surface area contributed by atoms with E-state index in [4.69, 9.17) is 0 Å². The van der Waals surface area contributed by atoms with Crippen molar-refractivity contribution in [1.29, 1.82) is 0 Å². The molecule has 0 bridgehead atoms. The number of guanidine groups is 1. The largest absolute Gasteiger partial charge is 0.356 e. The second-order valence-electron chi connectivity index (χ2n) is 7.51. The lowest BCUT2D eigenvalue weighted by Crippen LogP contribution is -2.40. The second kappa shape index (κ2) is 13.6. The predicted molar refractivity (Wildman–Crippen MR) is 134 cm³/mol. The standard InChI is InChI=1S/C24H34N4.HI/c1-25-24(26-16-8-9-17-28-18-10-11-19-28)27-20-23(21-12-4-2-5-13-21)22-14-6-3-7-15-22;/h2-7,12-15,23H,8-11,16-20H2,1H3,(H2,25,26,27);1H. The van der Waals surface area contributed by atoms with E-state index < -0.39 is 0 Å². The van der Waals surface area contributed by atoms with Gasteiger partial charge in [0.2, 0.25) is 0 Å². The molecule has 5 heteroatoms. The van der Waals surface area contributed by atoms with Gasteiger partial charge in [0.05, 0.1) is 0 Å². The van der Waals surface area contributed by atoms with Crippen molar-refractivity contribution in [3.8, 4) is 0 Å². The van der Waals surface area contributed by atoms with Crippen LogP contribution in [-0.4, -0.2) is 50.6 Å². The fraction of sp³-hybridized carbons (Fsp3) is 0.458. The third-order valence-corrected chi connectivity index (χ3v) is 5.49. The summed E-state index contributed by atoms with van der Waals surface area (Å²) in [6.45, 7) is 5.60. The first-order valence-electron chi connectivity index (χ1n) is 10.6. The molecule has 0 amide bonds. The molecule has 2 aromatic rings. The van der Waals surface area contributed by atoms with Crippen LogP contribution in [-0.2, 0) is 0 Å². The topological polar surface area (TPSA) is 39.7 Å². The quantitative estimate of drug-likeness (QED) is 0.228. The minimum Gasteiger partial charge on any atom is -0.356 e. The highest BCUT2D eigenvalue weighted by Crippen LogP contribution is 2.23. The Labute approximate surface area is 193 Å². The number of aliphatic imine (C=N–C) groups is 1. The third-order valence-electron chi connectivity index (χ3n) is 5.49. The maximum atomic E-state index is 4.41. The summed E-state index contributed by atoms with van der Waals surface area (Å²) in [4.78, 5) is 6.99. The van der Waals surface area contributed by atoms with Gasteiger partial charge in [0, 0.05) is 26.1 Å². The van der Waals surface area contributed by atoms with Crippen molar-refractivity contribution in [3.05, 3.63) is 71.8 Å². The first kappa shape index (κ1) is 23.7. The molecule has 0 unspecified atom stereocenters. The molecule has 2 N–H and O–H groups in total. The monoisotopic (exact) mass is 506 g/mol. The van der Waals surface area contributed by atoms with Gasteiger partial charge in [-0.05, 0) is 56.4 Å². The summed E-state index contributed by atoms with van der Waals surface area (Å²) < 4.78 is 0. The number of rotatable bonds is 9. The van der Waals surface area contributed by atoms with E-state index in [-0.39, 0.29) is 24.0 Å². The molecule has 0 aromatic heterocycles. The van der Waals surface area contributed by atoms with Crippen LogP contribution in [0.25, 0.3) is 0 Å². The lowest BCUT2D eigenvalue weighted by Gasteiger charge is -2.21. The van der Waals surface area contributed by atoms with Crippen molar-refractivity contribution in [1.82, 2.24) is 15.5 Å². The van der Waals surface area contributed by atoms with E-state index in [1.807, 2.05) is 7.05 Å². The van der Waals surface area contributed by atoms with Crippen LogP contribution in [0.4, 0.5) is 0 Å². The summed E-state index contributed by atoms with van der Waals surface area (Å²) in [5.41, 5.74) is 2.64. The fourth-order valence-electron chi connectivity index (χ4n) is 3.89. The van der Waals surface area contributed by atoms with Gasteiger partial charge in [0.1, 0.15) is 0 Å². The maximum absolute atomic E-state index is 4.41. The highest BCUT2D eigenvalue weighted by atomic mass is 127. The number of halogens is 1. The Kier molecular flexibility index (Phi) is 11.1. The van der Waals surface area contributed by atoms with E-state index in [0.717, 1.165) is 19.0 Å². The van der Waals surface area contributed by atoms with Gasteiger partial charge in [-0.1, -0.05) is 60.7 Å². The molecule has 1 aliphatic rings. The van der Waals surface area contributed by atoms with Crippen LogP contribution in [0, 0.1) is 0 Å². The predicted octanol–water partition coefficient (Wildman–Crippen LogP) is 4.48. The molecule has 1 heterocycles. The van der Waals surface area contributed by atoms with Gasteiger partial charge in [0.25, 0.3) is 0 Å². The van der Waals surface area contributed by atoms with Crippen LogP contribution in [0.3, 0.4) is 0 Å². The average Bonchev–Trinajstić information content (AvgIpc) is 3.27. The average molecular weight is 506 g/mol. The molecule has 1 fully saturated rings. The summed E-state index contributed by atoms with van der Waals surface area (Å²) >= 11 is 0. The molecule has 0 spiro atoms. The highest BCUT2D eigenvalue weighted by Gasteiger charge is 2.14. The molecule has 158 valence electrons. The van der Waals surface area contributed by atoms with Crippen molar-refractivity contribution >= 4 is 29.9 Å². The fourth-order valence-corrected chi connectivity index (χ4v) is 3.89. The number of hydrogen-bond donors (Lipinski definition) is 2. The number of hydrogen-bond acceptors (Lipinski definition) is 2. The second-order valence-corrected chi connectivity index (χ2v) is 7.51. The number of benzene rings is 2. The van der Waals surface area contributed by atoms with Crippen molar-refractivity contribution < 1.29 is 0 Å². The van der Waals surface area contributed by atoms with Gasteiger partial charge >= 0.3 is 0 Å². The van der Waals surface area contributed by atoms with Gasteiger partial charge in [-0.2, -0.15) is 0 Å². The number of nitrogens with one attached hydrogen (secondary N) is 2. The molecule has 29 heavy (non-hydrogen) atoms. The maximum Gasteiger partial charge on any atom is 0.191 e. The summed E-state index contributed by atoms with van der Waals surface area (Å²) in [5.74, 6) is 1.19. The molecule has 1 saturated heterocycles. The Morgan fingerprint density at radius 1 is 0.897 bits per heavy atom. The molecule has 0 atom stereocenters. The number of unbranched alkanes of at least 4 members (excludes halogenated alkanes) is 1. The number of likely N-dealkylation sites (tertiary alicyclic amines) is 1. The smallest absolute Gasteiger partial charge is 0.191 e. The molecule has 0 radical (unpaired) electrons. The summed E-state index contributed by atoms with van der Waals surface area (Å²) in [7, 11) is 1.85. The van der Waals surface area contributed by atoms with Crippen molar-refractivity contribution in [3.63, 3.8) is 0 Å². The van der Waals surface area contributed by atoms with Crippen LogP contribution in [0.5, 0.6) is 0 Å². The van der Waals surface area contributed by atoms with Crippen molar-refractivity contribution in [2.24, 2.45) is 4.99 Å². The summed E-state index contributed by atoms with van der Waals surface area (Å²) in [5, 5.41) is 7.00.